The molecule has 2 aromatic rings. The second-order valence-electron chi connectivity index (χ2n) is 4.78. The lowest BCUT2D eigenvalue weighted by atomic mass is 10.1. The van der Waals surface area contributed by atoms with E-state index in [-0.39, 0.29) is 22.6 Å². The first-order valence-electron chi connectivity index (χ1n) is 6.99. The van der Waals surface area contributed by atoms with Gasteiger partial charge in [-0.05, 0) is 30.3 Å². The molecule has 0 aliphatic heterocycles. The summed E-state index contributed by atoms with van der Waals surface area (Å²) in [4.78, 5) is 21.4. The Labute approximate surface area is 142 Å². The van der Waals surface area contributed by atoms with Gasteiger partial charge in [-0.15, -0.1) is 0 Å². The van der Waals surface area contributed by atoms with Gasteiger partial charge in [-0.3, -0.25) is 15.5 Å². The molecule has 0 heterocycles. The fourth-order valence-electron chi connectivity index (χ4n) is 2.01. The average Bonchev–Trinajstić information content (AvgIpc) is 2.61. The fraction of sp³-hybridized carbons (Fsp3) is 0.125. The molecule has 2 aromatic carbocycles. The number of hydrazone groups is 1. The second-order valence-corrected chi connectivity index (χ2v) is 4.78. The van der Waals surface area contributed by atoms with Gasteiger partial charge in [-0.25, -0.2) is 4.79 Å². The molecule has 0 spiro atoms. The molecule has 0 bridgehead atoms. The van der Waals surface area contributed by atoms with Crippen molar-refractivity contribution in [3.63, 3.8) is 0 Å². The first-order chi connectivity index (χ1) is 12.0. The molecule has 0 fully saturated rings. The summed E-state index contributed by atoms with van der Waals surface area (Å²) >= 11 is 0. The van der Waals surface area contributed by atoms with Crippen molar-refractivity contribution in [3.05, 3.63) is 57.6 Å². The zero-order valence-electron chi connectivity index (χ0n) is 13.4. The largest absolute Gasteiger partial charge is 0.493 e. The van der Waals surface area contributed by atoms with Crippen LogP contribution in [0.2, 0.25) is 0 Å². The Morgan fingerprint density at radius 2 is 1.80 bits per heavy atom. The van der Waals surface area contributed by atoms with Crippen molar-refractivity contribution in [1.82, 2.24) is 0 Å². The number of hydrogen-bond donors (Lipinski definition) is 2. The number of aromatic carboxylic acids is 1. The molecular formula is C16H15N3O6. The van der Waals surface area contributed by atoms with Gasteiger partial charge >= 0.3 is 5.97 Å². The maximum atomic E-state index is 11.2. The molecule has 0 saturated carbocycles. The topological polar surface area (TPSA) is 123 Å². The third kappa shape index (κ3) is 4.22. The summed E-state index contributed by atoms with van der Waals surface area (Å²) in [7, 11) is 2.81. The van der Waals surface area contributed by atoms with E-state index in [0.717, 1.165) is 0 Å². The molecule has 0 amide bonds. The molecule has 0 atom stereocenters. The van der Waals surface area contributed by atoms with Crippen molar-refractivity contribution < 1.29 is 24.3 Å². The zero-order chi connectivity index (χ0) is 18.4. The number of carbonyl (C=O) groups is 1. The molecular weight excluding hydrogens is 330 g/mol. The minimum atomic E-state index is -1.03. The summed E-state index contributed by atoms with van der Waals surface area (Å²) < 4.78 is 10.2. The van der Waals surface area contributed by atoms with E-state index in [2.05, 4.69) is 10.5 Å². The lowest BCUT2D eigenvalue weighted by Gasteiger charge is -2.08. The van der Waals surface area contributed by atoms with Crippen LogP contribution in [0.1, 0.15) is 15.9 Å². The van der Waals surface area contributed by atoms with Crippen molar-refractivity contribution in [2.75, 3.05) is 19.6 Å². The van der Waals surface area contributed by atoms with E-state index in [1.807, 2.05) is 0 Å². The predicted octanol–water partition coefficient (Wildman–Crippen LogP) is 2.76. The Hall–Kier alpha value is -3.62. The molecule has 0 aliphatic rings. The summed E-state index contributed by atoms with van der Waals surface area (Å²) in [5.41, 5.74) is 3.38. The predicted molar refractivity (Wildman–Crippen MR) is 90.8 cm³/mol. The molecule has 0 unspecified atom stereocenters. The Morgan fingerprint density at radius 1 is 1.20 bits per heavy atom. The number of methoxy groups -OCH3 is 2. The van der Waals surface area contributed by atoms with E-state index in [1.165, 1.54) is 56.8 Å². The number of ether oxygens (including phenoxy) is 2. The quantitative estimate of drug-likeness (QED) is 0.449. The minimum absolute atomic E-state index is 0.144. The summed E-state index contributed by atoms with van der Waals surface area (Å²) in [6, 6.07) is 8.59. The van der Waals surface area contributed by atoms with Crippen molar-refractivity contribution in [2.24, 2.45) is 5.10 Å². The number of benzene rings is 2. The number of hydrogen-bond acceptors (Lipinski definition) is 7. The first kappa shape index (κ1) is 17.7. The van der Waals surface area contributed by atoms with Crippen LogP contribution in [-0.2, 0) is 0 Å². The van der Waals surface area contributed by atoms with Gasteiger partial charge in [-0.2, -0.15) is 5.10 Å². The van der Waals surface area contributed by atoms with Gasteiger partial charge in [-0.1, -0.05) is 0 Å². The SMILES string of the molecule is COc1cc(/C=N\Nc2ccc(C(=O)O)cc2)c([N+](=O)[O-])cc1OC. The molecule has 25 heavy (non-hydrogen) atoms. The van der Waals surface area contributed by atoms with Crippen LogP contribution in [0.25, 0.3) is 0 Å². The first-order valence-corrected chi connectivity index (χ1v) is 6.99. The van der Waals surface area contributed by atoms with E-state index < -0.39 is 10.9 Å². The van der Waals surface area contributed by atoms with E-state index in [4.69, 9.17) is 14.6 Å². The number of rotatable bonds is 7. The fourth-order valence-corrected chi connectivity index (χ4v) is 2.01. The number of nitro benzene ring substituents is 1. The van der Waals surface area contributed by atoms with E-state index in [1.54, 1.807) is 0 Å². The van der Waals surface area contributed by atoms with Crippen LogP contribution in [0.5, 0.6) is 11.5 Å². The zero-order valence-corrected chi connectivity index (χ0v) is 13.4. The highest BCUT2D eigenvalue weighted by Crippen LogP contribution is 2.33. The smallest absolute Gasteiger partial charge is 0.335 e. The monoisotopic (exact) mass is 345 g/mol. The summed E-state index contributed by atoms with van der Waals surface area (Å²) in [5.74, 6) is -0.458. The highest BCUT2D eigenvalue weighted by Gasteiger charge is 2.18. The van der Waals surface area contributed by atoms with Crippen molar-refractivity contribution in [2.45, 2.75) is 0 Å². The van der Waals surface area contributed by atoms with Crippen molar-refractivity contribution >= 4 is 23.6 Å². The maximum absolute atomic E-state index is 11.2. The number of nitrogens with zero attached hydrogens (tertiary/aromatic N) is 2. The van der Waals surface area contributed by atoms with Gasteiger partial charge in [0.1, 0.15) is 0 Å². The molecule has 0 aromatic heterocycles. The second kappa shape index (κ2) is 7.77. The van der Waals surface area contributed by atoms with E-state index >= 15 is 0 Å². The standard InChI is InChI=1S/C16H15N3O6/c1-24-14-7-11(13(19(22)23)8-15(14)25-2)9-17-18-12-5-3-10(4-6-12)16(20)21/h3-9,18H,1-2H3,(H,20,21)/b17-9-. The number of anilines is 1. The van der Waals surface area contributed by atoms with Crippen LogP contribution in [0, 0.1) is 10.1 Å². The number of nitro groups is 1. The van der Waals surface area contributed by atoms with E-state index in [0.29, 0.717) is 11.4 Å². The third-order valence-electron chi connectivity index (χ3n) is 3.26. The van der Waals surface area contributed by atoms with Crippen LogP contribution >= 0.6 is 0 Å². The van der Waals surface area contributed by atoms with E-state index in [9.17, 15) is 14.9 Å². The Morgan fingerprint density at radius 3 is 2.32 bits per heavy atom. The lowest BCUT2D eigenvalue weighted by Crippen LogP contribution is -2.00. The van der Waals surface area contributed by atoms with Gasteiger partial charge in [0.25, 0.3) is 5.69 Å². The van der Waals surface area contributed by atoms with Crippen molar-refractivity contribution in [1.29, 1.82) is 0 Å². The molecule has 9 nitrogen and oxygen atoms in total. The van der Waals surface area contributed by atoms with Gasteiger partial charge in [0.15, 0.2) is 11.5 Å². The number of carboxylic acid groups (broad SMARTS) is 1. The summed E-state index contributed by atoms with van der Waals surface area (Å²) in [6.45, 7) is 0. The van der Waals surface area contributed by atoms with Crippen LogP contribution in [0.3, 0.4) is 0 Å². The Kier molecular flexibility index (Phi) is 5.51. The van der Waals surface area contributed by atoms with Gasteiger partial charge < -0.3 is 14.6 Å². The molecule has 9 heteroatoms. The summed E-state index contributed by atoms with van der Waals surface area (Å²) in [6.07, 6.45) is 1.27. The van der Waals surface area contributed by atoms with Gasteiger partial charge in [0.05, 0.1) is 48.2 Å². The summed E-state index contributed by atoms with van der Waals surface area (Å²) in [5, 5.41) is 24.0. The highest BCUT2D eigenvalue weighted by molar-refractivity contribution is 5.88. The van der Waals surface area contributed by atoms with Crippen LogP contribution < -0.4 is 14.9 Å². The van der Waals surface area contributed by atoms with Crippen molar-refractivity contribution in [3.8, 4) is 11.5 Å². The molecule has 2 rings (SSSR count). The highest BCUT2D eigenvalue weighted by atomic mass is 16.6. The van der Waals surface area contributed by atoms with Crippen LogP contribution in [-0.4, -0.2) is 36.4 Å². The van der Waals surface area contributed by atoms with Gasteiger partial charge in [0, 0.05) is 0 Å². The molecule has 0 radical (unpaired) electrons. The van der Waals surface area contributed by atoms with Crippen LogP contribution in [0.4, 0.5) is 11.4 Å². The lowest BCUT2D eigenvalue weighted by molar-refractivity contribution is -0.385. The Bertz CT molecular complexity index is 817. The van der Waals surface area contributed by atoms with Crippen LogP contribution in [0.15, 0.2) is 41.5 Å². The number of carboxylic acids is 1. The normalized spacial score (nSPS) is 10.5. The number of nitrogens with one attached hydrogen (secondary N) is 1. The van der Waals surface area contributed by atoms with Gasteiger partial charge in [0.2, 0.25) is 0 Å². The molecule has 0 aliphatic carbocycles. The molecule has 130 valence electrons. The molecule has 2 N–H and O–H groups in total. The average molecular weight is 345 g/mol. The Balaban J connectivity index is 2.24. The molecule has 0 saturated heterocycles. The third-order valence-corrected chi connectivity index (χ3v) is 3.26. The maximum Gasteiger partial charge on any atom is 0.335 e. The minimum Gasteiger partial charge on any atom is -0.493 e.